The molecule has 1 atom stereocenters. The van der Waals surface area contributed by atoms with E-state index in [0.29, 0.717) is 5.75 Å². The highest BCUT2D eigenvalue weighted by atomic mass is 32.2. The molecule has 2 rings (SSSR count). The average molecular weight is 282 g/mol. The maximum absolute atomic E-state index is 12.3. The van der Waals surface area contributed by atoms with Crippen LogP contribution in [0.4, 0.5) is 5.69 Å². The van der Waals surface area contributed by atoms with Gasteiger partial charge in [-0.1, -0.05) is 12.2 Å². The highest BCUT2D eigenvalue weighted by Gasteiger charge is 2.22. The van der Waals surface area contributed by atoms with Gasteiger partial charge in [-0.05, 0) is 31.4 Å². The molecule has 0 amide bonds. The number of methoxy groups -OCH3 is 1. The predicted molar refractivity (Wildman–Crippen MR) is 74.5 cm³/mol. The number of anilines is 1. The Morgan fingerprint density at radius 2 is 2.16 bits per heavy atom. The number of hydrogen-bond acceptors (Lipinski definition) is 4. The fourth-order valence-electron chi connectivity index (χ4n) is 2.08. The maximum Gasteiger partial charge on any atom is 0.242 e. The molecule has 0 saturated heterocycles. The van der Waals surface area contributed by atoms with E-state index in [2.05, 4.69) is 10.8 Å². The summed E-state index contributed by atoms with van der Waals surface area (Å²) in [5, 5.41) is 0. The normalized spacial score (nSPS) is 19.3. The first-order valence-corrected chi connectivity index (χ1v) is 7.62. The van der Waals surface area contributed by atoms with E-state index in [4.69, 9.17) is 10.5 Å². The third-order valence-electron chi connectivity index (χ3n) is 3.10. The lowest BCUT2D eigenvalue weighted by Gasteiger charge is -2.20. The van der Waals surface area contributed by atoms with Crippen LogP contribution in [0.5, 0.6) is 5.75 Å². The zero-order valence-electron chi connectivity index (χ0n) is 10.8. The number of benzene rings is 1. The number of nitrogens with two attached hydrogens (primary N) is 1. The number of nitrogen functional groups attached to an aromatic ring is 1. The van der Waals surface area contributed by atoms with Crippen LogP contribution in [-0.2, 0) is 10.0 Å². The van der Waals surface area contributed by atoms with Gasteiger partial charge in [0.15, 0.2) is 0 Å². The van der Waals surface area contributed by atoms with E-state index in [0.717, 1.165) is 19.3 Å². The molecule has 0 spiro atoms. The van der Waals surface area contributed by atoms with Gasteiger partial charge in [-0.15, -0.1) is 0 Å². The van der Waals surface area contributed by atoms with Crippen molar-refractivity contribution in [1.29, 1.82) is 0 Å². The van der Waals surface area contributed by atoms with Crippen LogP contribution in [0.1, 0.15) is 19.3 Å². The van der Waals surface area contributed by atoms with E-state index >= 15 is 0 Å². The Morgan fingerprint density at radius 1 is 1.37 bits per heavy atom. The van der Waals surface area contributed by atoms with Gasteiger partial charge in [0.1, 0.15) is 10.6 Å². The van der Waals surface area contributed by atoms with E-state index < -0.39 is 10.0 Å². The molecule has 0 heterocycles. The third kappa shape index (κ3) is 3.27. The minimum Gasteiger partial charge on any atom is -0.497 e. The summed E-state index contributed by atoms with van der Waals surface area (Å²) in [6.45, 7) is 0. The molecule has 0 fully saturated rings. The number of allylic oxidation sites excluding steroid dienone is 1. The van der Waals surface area contributed by atoms with Crippen LogP contribution in [0.2, 0.25) is 0 Å². The molecule has 1 aromatic rings. The van der Waals surface area contributed by atoms with Crippen molar-refractivity contribution in [1.82, 2.24) is 4.72 Å². The van der Waals surface area contributed by atoms with Crippen molar-refractivity contribution in [3.63, 3.8) is 0 Å². The number of ether oxygens (including phenoxy) is 1. The Balaban J connectivity index is 2.21. The summed E-state index contributed by atoms with van der Waals surface area (Å²) in [7, 11) is -2.07. The molecule has 1 unspecified atom stereocenters. The molecule has 0 aliphatic heterocycles. The summed E-state index contributed by atoms with van der Waals surface area (Å²) in [5.41, 5.74) is 5.97. The Morgan fingerprint density at radius 3 is 2.74 bits per heavy atom. The molecule has 1 aliphatic carbocycles. The average Bonchev–Trinajstić information content (AvgIpc) is 2.38. The Bertz CT molecular complexity index is 582. The molecule has 0 radical (unpaired) electrons. The Hall–Kier alpha value is -1.53. The Kier molecular flexibility index (Phi) is 4.11. The molecule has 0 aromatic heterocycles. The smallest absolute Gasteiger partial charge is 0.242 e. The molecule has 19 heavy (non-hydrogen) atoms. The van der Waals surface area contributed by atoms with Crippen molar-refractivity contribution in [3.8, 4) is 5.75 Å². The lowest BCUT2D eigenvalue weighted by Crippen LogP contribution is -2.35. The summed E-state index contributed by atoms with van der Waals surface area (Å²) >= 11 is 0. The van der Waals surface area contributed by atoms with Crippen LogP contribution < -0.4 is 15.2 Å². The van der Waals surface area contributed by atoms with Gasteiger partial charge in [-0.25, -0.2) is 13.1 Å². The zero-order valence-corrected chi connectivity index (χ0v) is 11.6. The van der Waals surface area contributed by atoms with Gasteiger partial charge in [0.25, 0.3) is 0 Å². The summed E-state index contributed by atoms with van der Waals surface area (Å²) < 4.78 is 32.2. The zero-order chi connectivity index (χ0) is 13.9. The van der Waals surface area contributed by atoms with E-state index in [1.807, 2.05) is 6.08 Å². The fraction of sp³-hybridized carbons (Fsp3) is 0.385. The monoisotopic (exact) mass is 282 g/mol. The molecular formula is C13H18N2O3S. The maximum atomic E-state index is 12.3. The van der Waals surface area contributed by atoms with E-state index in [9.17, 15) is 8.42 Å². The highest BCUT2D eigenvalue weighted by molar-refractivity contribution is 7.89. The van der Waals surface area contributed by atoms with Crippen LogP contribution in [0.25, 0.3) is 0 Å². The molecule has 5 nitrogen and oxygen atoms in total. The standard InChI is InChI=1S/C13H18N2O3S/c1-18-11-7-8-13(12(14)9-11)19(16,17)15-10-5-3-2-4-6-10/h2-3,7-10,15H,4-6,14H2,1H3. The van der Waals surface area contributed by atoms with Crippen LogP contribution in [0.3, 0.4) is 0 Å². The Labute approximate surface area is 113 Å². The van der Waals surface area contributed by atoms with Gasteiger partial charge in [0.05, 0.1) is 12.8 Å². The van der Waals surface area contributed by atoms with Gasteiger partial charge >= 0.3 is 0 Å². The van der Waals surface area contributed by atoms with Gasteiger partial charge in [0, 0.05) is 12.1 Å². The van der Waals surface area contributed by atoms with Crippen LogP contribution in [-0.4, -0.2) is 21.6 Å². The molecule has 1 aliphatic rings. The highest BCUT2D eigenvalue weighted by Crippen LogP contribution is 2.24. The SMILES string of the molecule is COc1ccc(S(=O)(=O)NC2CC=CCC2)c(N)c1. The van der Waals surface area contributed by atoms with Crippen LogP contribution in [0.15, 0.2) is 35.2 Å². The first-order chi connectivity index (χ1) is 9.03. The molecule has 0 bridgehead atoms. The topological polar surface area (TPSA) is 81.4 Å². The fourth-order valence-corrected chi connectivity index (χ4v) is 3.48. The van der Waals surface area contributed by atoms with Crippen molar-refractivity contribution in [2.75, 3.05) is 12.8 Å². The molecule has 1 aromatic carbocycles. The van der Waals surface area contributed by atoms with Gasteiger partial charge < -0.3 is 10.5 Å². The summed E-state index contributed by atoms with van der Waals surface area (Å²) in [6, 6.07) is 4.51. The van der Waals surface area contributed by atoms with Gasteiger partial charge in [0.2, 0.25) is 10.0 Å². The van der Waals surface area contributed by atoms with Crippen molar-refractivity contribution in [2.24, 2.45) is 0 Å². The van der Waals surface area contributed by atoms with Crippen molar-refractivity contribution < 1.29 is 13.2 Å². The molecule has 3 N–H and O–H groups in total. The number of nitrogens with one attached hydrogen (secondary N) is 1. The number of rotatable bonds is 4. The largest absolute Gasteiger partial charge is 0.497 e. The molecule has 0 saturated carbocycles. The van der Waals surface area contributed by atoms with Crippen molar-refractivity contribution in [3.05, 3.63) is 30.4 Å². The second kappa shape index (κ2) is 5.63. The van der Waals surface area contributed by atoms with Crippen molar-refractivity contribution >= 4 is 15.7 Å². The predicted octanol–water partition coefficient (Wildman–Crippen LogP) is 1.66. The number of sulfonamides is 1. The van der Waals surface area contributed by atoms with E-state index in [1.54, 1.807) is 6.07 Å². The minimum atomic E-state index is -3.58. The third-order valence-corrected chi connectivity index (χ3v) is 4.69. The first-order valence-electron chi connectivity index (χ1n) is 6.14. The molecular weight excluding hydrogens is 264 g/mol. The minimum absolute atomic E-state index is 0.0588. The lowest BCUT2D eigenvalue weighted by atomic mass is 10.0. The second-order valence-corrected chi connectivity index (χ2v) is 6.19. The van der Waals surface area contributed by atoms with E-state index in [-0.39, 0.29) is 16.6 Å². The molecule has 6 heteroatoms. The van der Waals surface area contributed by atoms with E-state index in [1.165, 1.54) is 19.2 Å². The summed E-state index contributed by atoms with van der Waals surface area (Å²) in [5.74, 6) is 0.539. The number of hydrogen-bond donors (Lipinski definition) is 2. The van der Waals surface area contributed by atoms with Crippen LogP contribution in [0, 0.1) is 0 Å². The van der Waals surface area contributed by atoms with Gasteiger partial charge in [-0.2, -0.15) is 0 Å². The van der Waals surface area contributed by atoms with Crippen molar-refractivity contribution in [2.45, 2.75) is 30.2 Å². The molecule has 104 valence electrons. The van der Waals surface area contributed by atoms with Gasteiger partial charge in [-0.3, -0.25) is 0 Å². The summed E-state index contributed by atoms with van der Waals surface area (Å²) in [4.78, 5) is 0.0999. The summed E-state index contributed by atoms with van der Waals surface area (Å²) in [6.07, 6.45) is 6.48. The first kappa shape index (κ1) is 13.9. The second-order valence-electron chi connectivity index (χ2n) is 4.51. The van der Waals surface area contributed by atoms with Crippen LogP contribution >= 0.6 is 0 Å². The quantitative estimate of drug-likeness (QED) is 0.650. The lowest BCUT2D eigenvalue weighted by molar-refractivity contribution is 0.414.